The zero-order valence-corrected chi connectivity index (χ0v) is 47.9. The van der Waals surface area contributed by atoms with Gasteiger partial charge in [-0.25, -0.2) is 4.57 Å². The van der Waals surface area contributed by atoms with Crippen LogP contribution in [0.4, 0.5) is 0 Å². The van der Waals surface area contributed by atoms with Crippen molar-refractivity contribution in [2.24, 2.45) is 0 Å². The van der Waals surface area contributed by atoms with Crippen molar-refractivity contribution in [3.8, 4) is 0 Å². The highest BCUT2D eigenvalue weighted by Gasteiger charge is 2.27. The number of esters is 2. The van der Waals surface area contributed by atoms with Gasteiger partial charge >= 0.3 is 19.8 Å². The van der Waals surface area contributed by atoms with Gasteiger partial charge in [0.25, 0.3) is 0 Å². The monoisotopic (exact) mass is 1010 g/mol. The van der Waals surface area contributed by atoms with Crippen LogP contribution in [0.3, 0.4) is 0 Å². The topological polar surface area (TPSA) is 108 Å². The van der Waals surface area contributed by atoms with Crippen molar-refractivity contribution < 1.29 is 42.1 Å². The van der Waals surface area contributed by atoms with E-state index in [0.717, 1.165) is 25.7 Å². The summed E-state index contributed by atoms with van der Waals surface area (Å²) in [6, 6.07) is 0. The molecule has 0 bridgehead atoms. The molecule has 0 heterocycles. The molecule has 0 radical (unpaired) electrons. The predicted octanol–water partition coefficient (Wildman–Crippen LogP) is 18.6. The van der Waals surface area contributed by atoms with Crippen molar-refractivity contribution in [3.63, 3.8) is 0 Å². The molecule has 0 saturated carbocycles. The molecule has 0 aromatic rings. The predicted molar refractivity (Wildman–Crippen MR) is 298 cm³/mol. The number of allylic oxidation sites excluding steroid dienone is 4. The molecule has 70 heavy (non-hydrogen) atoms. The molecular weight excluding hydrogens is 894 g/mol. The number of phosphoric ester groups is 1. The second-order valence-corrected chi connectivity index (χ2v) is 23.2. The maximum atomic E-state index is 12.8. The Morgan fingerprint density at radius 2 is 0.729 bits per heavy atom. The Balaban J connectivity index is 4.17. The molecule has 0 saturated heterocycles. The molecule has 0 spiro atoms. The highest BCUT2D eigenvalue weighted by Crippen LogP contribution is 2.43. The van der Waals surface area contributed by atoms with Crippen molar-refractivity contribution in [2.75, 3.05) is 47.5 Å². The third-order valence-electron chi connectivity index (χ3n) is 13.5. The van der Waals surface area contributed by atoms with E-state index in [1.807, 2.05) is 21.1 Å². The van der Waals surface area contributed by atoms with E-state index in [0.29, 0.717) is 23.9 Å². The Labute approximate surface area is 434 Å². The van der Waals surface area contributed by atoms with Crippen LogP contribution in [-0.4, -0.2) is 74.9 Å². The number of carbonyl (C=O) groups is 2. The lowest BCUT2D eigenvalue weighted by Crippen LogP contribution is -2.37. The third kappa shape index (κ3) is 55.8. The Kier molecular flexibility index (Phi) is 51.2. The third-order valence-corrected chi connectivity index (χ3v) is 14.4. The number of ether oxygens (including phenoxy) is 2. The Bertz CT molecular complexity index is 1240. The normalized spacial score (nSPS) is 13.4. The van der Waals surface area contributed by atoms with Crippen LogP contribution in [-0.2, 0) is 32.7 Å². The molecule has 10 heteroatoms. The van der Waals surface area contributed by atoms with Crippen LogP contribution in [0.5, 0.6) is 0 Å². The van der Waals surface area contributed by atoms with Crippen LogP contribution in [0.2, 0.25) is 0 Å². The van der Waals surface area contributed by atoms with Crippen LogP contribution >= 0.6 is 7.82 Å². The van der Waals surface area contributed by atoms with Gasteiger partial charge in [-0.2, -0.15) is 0 Å². The lowest BCUT2D eigenvalue weighted by molar-refractivity contribution is -0.870. The zero-order valence-electron chi connectivity index (χ0n) is 47.0. The van der Waals surface area contributed by atoms with Crippen LogP contribution in [0.1, 0.15) is 296 Å². The number of rotatable bonds is 56. The molecule has 0 aliphatic carbocycles. The number of nitrogens with zero attached hydrogens (tertiary/aromatic N) is 1. The first-order valence-electron chi connectivity index (χ1n) is 30.1. The Hall–Kier alpha value is -1.51. The molecular formula is C60H117NO8P+. The average Bonchev–Trinajstić information content (AvgIpc) is 3.32. The smallest absolute Gasteiger partial charge is 0.462 e. The molecule has 0 aromatic heterocycles. The summed E-state index contributed by atoms with van der Waals surface area (Å²) in [5.41, 5.74) is 0. The van der Waals surface area contributed by atoms with Crippen molar-refractivity contribution in [1.82, 2.24) is 0 Å². The van der Waals surface area contributed by atoms with Crippen LogP contribution < -0.4 is 0 Å². The molecule has 0 fully saturated rings. The van der Waals surface area contributed by atoms with E-state index >= 15 is 0 Å². The van der Waals surface area contributed by atoms with E-state index in [-0.39, 0.29) is 26.1 Å². The van der Waals surface area contributed by atoms with E-state index in [1.165, 1.54) is 231 Å². The fourth-order valence-corrected chi connectivity index (χ4v) is 9.53. The largest absolute Gasteiger partial charge is 0.472 e. The number of phosphoric acid groups is 1. The molecule has 1 unspecified atom stereocenters. The van der Waals surface area contributed by atoms with E-state index < -0.39 is 32.5 Å². The highest BCUT2D eigenvalue weighted by molar-refractivity contribution is 7.47. The van der Waals surface area contributed by atoms with Gasteiger partial charge in [0.2, 0.25) is 0 Å². The van der Waals surface area contributed by atoms with Gasteiger partial charge in [-0.1, -0.05) is 256 Å². The first-order valence-corrected chi connectivity index (χ1v) is 31.6. The van der Waals surface area contributed by atoms with E-state index in [9.17, 15) is 19.0 Å². The second-order valence-electron chi connectivity index (χ2n) is 21.7. The van der Waals surface area contributed by atoms with E-state index in [4.69, 9.17) is 18.5 Å². The maximum Gasteiger partial charge on any atom is 0.472 e. The van der Waals surface area contributed by atoms with Gasteiger partial charge in [-0.05, 0) is 51.4 Å². The van der Waals surface area contributed by atoms with Gasteiger partial charge in [-0.3, -0.25) is 18.6 Å². The summed E-state index contributed by atoms with van der Waals surface area (Å²) in [4.78, 5) is 35.7. The van der Waals surface area contributed by atoms with Crippen LogP contribution in [0.25, 0.3) is 0 Å². The number of carbonyl (C=O) groups excluding carboxylic acids is 2. The molecule has 0 aliphatic heterocycles. The molecule has 0 aliphatic rings. The number of hydrogen-bond donors (Lipinski definition) is 1. The summed E-state index contributed by atoms with van der Waals surface area (Å²) in [6.45, 7) is 4.43. The van der Waals surface area contributed by atoms with Gasteiger partial charge in [0, 0.05) is 12.8 Å². The number of likely N-dealkylation sites (N-methyl/N-ethyl adjacent to an activating group) is 1. The quantitative estimate of drug-likeness (QED) is 0.0211. The molecule has 0 aromatic carbocycles. The van der Waals surface area contributed by atoms with Crippen LogP contribution in [0, 0.1) is 0 Å². The molecule has 1 N–H and O–H groups in total. The average molecular weight is 1010 g/mol. The molecule has 414 valence electrons. The highest BCUT2D eigenvalue weighted by atomic mass is 31.2. The van der Waals surface area contributed by atoms with Crippen molar-refractivity contribution in [2.45, 2.75) is 302 Å². The number of hydrogen-bond acceptors (Lipinski definition) is 7. The minimum atomic E-state index is -4.40. The summed E-state index contributed by atoms with van der Waals surface area (Å²) in [6.07, 6.45) is 62.8. The number of unbranched alkanes of at least 4 members (excludes halogenated alkanes) is 38. The van der Waals surface area contributed by atoms with E-state index in [2.05, 4.69) is 38.2 Å². The maximum absolute atomic E-state index is 12.8. The summed E-state index contributed by atoms with van der Waals surface area (Å²) < 4.78 is 34.5. The minimum Gasteiger partial charge on any atom is -0.462 e. The lowest BCUT2D eigenvalue weighted by atomic mass is 10.0. The zero-order chi connectivity index (χ0) is 51.3. The van der Waals surface area contributed by atoms with Crippen LogP contribution in [0.15, 0.2) is 24.3 Å². The standard InChI is InChI=1S/C60H116NO8P/c1-6-8-10-12-14-16-18-20-22-24-26-28-30-32-34-36-38-40-42-44-46-48-50-52-59(62)66-56-58(57-68-70(64,65)67-55-54-61(3,4)5)69-60(63)53-51-49-47-45-43-41-39-37-35-33-31-29-27-25-23-21-19-17-15-13-11-9-7-2/h44-47,58H,6-43,48-57H2,1-5H3/p+1/b46-44+,47-45+/t58-/m1/s1. The summed E-state index contributed by atoms with van der Waals surface area (Å²) in [5.74, 6) is -0.857. The SMILES string of the molecule is CCCCCCCCCCCCCCCCCCCC/C=C/CCCC(=O)OC[C@H](COP(=O)(O)OCC[N+](C)(C)C)OC(=O)CCC/C=C/CCCCCCCCCCCCCCCCCCCC. The van der Waals surface area contributed by atoms with Gasteiger partial charge in [-0.15, -0.1) is 0 Å². The summed E-state index contributed by atoms with van der Waals surface area (Å²) >= 11 is 0. The molecule has 0 amide bonds. The van der Waals surface area contributed by atoms with Crippen molar-refractivity contribution in [3.05, 3.63) is 24.3 Å². The van der Waals surface area contributed by atoms with E-state index in [1.54, 1.807) is 0 Å². The fourth-order valence-electron chi connectivity index (χ4n) is 8.79. The first kappa shape index (κ1) is 68.5. The number of quaternary nitrogens is 1. The van der Waals surface area contributed by atoms with Gasteiger partial charge in [0.05, 0.1) is 27.7 Å². The lowest BCUT2D eigenvalue weighted by Gasteiger charge is -2.24. The Morgan fingerprint density at radius 3 is 1.06 bits per heavy atom. The fraction of sp³-hybridized carbons (Fsp3) is 0.900. The Morgan fingerprint density at radius 1 is 0.429 bits per heavy atom. The van der Waals surface area contributed by atoms with Gasteiger partial charge in [0.1, 0.15) is 19.8 Å². The molecule has 0 rings (SSSR count). The van der Waals surface area contributed by atoms with Crippen molar-refractivity contribution >= 4 is 19.8 Å². The van der Waals surface area contributed by atoms with Gasteiger partial charge < -0.3 is 18.9 Å². The molecule has 9 nitrogen and oxygen atoms in total. The minimum absolute atomic E-state index is 0.0256. The summed E-state index contributed by atoms with van der Waals surface area (Å²) in [7, 11) is 1.46. The van der Waals surface area contributed by atoms with Gasteiger partial charge in [0.15, 0.2) is 6.10 Å². The summed E-state index contributed by atoms with van der Waals surface area (Å²) in [5, 5.41) is 0. The second kappa shape index (κ2) is 52.4. The molecule has 2 atom stereocenters. The first-order chi connectivity index (χ1) is 34.0. The van der Waals surface area contributed by atoms with Crippen molar-refractivity contribution in [1.29, 1.82) is 0 Å².